The van der Waals surface area contributed by atoms with Crippen LogP contribution < -0.4 is 0 Å². The van der Waals surface area contributed by atoms with Crippen molar-refractivity contribution in [3.63, 3.8) is 0 Å². The summed E-state index contributed by atoms with van der Waals surface area (Å²) in [6.07, 6.45) is 10.1. The maximum absolute atomic E-state index is 12.4. The zero-order valence-electron chi connectivity index (χ0n) is 16.2. The van der Waals surface area contributed by atoms with E-state index in [0.29, 0.717) is 16.7 Å². The quantitative estimate of drug-likeness (QED) is 0.415. The minimum atomic E-state index is -2.35. The lowest BCUT2D eigenvalue weighted by molar-refractivity contribution is 0.252. The Morgan fingerprint density at radius 3 is 1.93 bits per heavy atom. The SMILES string of the molecule is CCCC1CCC(c2ccc(CCc3ccc(SC(F)F)cc3)cc2)CC1. The highest BCUT2D eigenvalue weighted by atomic mass is 32.2. The van der Waals surface area contributed by atoms with Crippen molar-refractivity contribution in [2.75, 3.05) is 0 Å². The summed E-state index contributed by atoms with van der Waals surface area (Å²) in [5.74, 6) is -0.654. The van der Waals surface area contributed by atoms with Crippen LogP contribution in [0.4, 0.5) is 8.78 Å². The van der Waals surface area contributed by atoms with Gasteiger partial charge in [-0.15, -0.1) is 0 Å². The van der Waals surface area contributed by atoms with Crippen LogP contribution in [-0.4, -0.2) is 5.76 Å². The van der Waals surface area contributed by atoms with Crippen molar-refractivity contribution in [3.05, 3.63) is 65.2 Å². The van der Waals surface area contributed by atoms with Crippen LogP contribution in [0.2, 0.25) is 0 Å². The molecule has 0 spiro atoms. The van der Waals surface area contributed by atoms with E-state index in [-0.39, 0.29) is 0 Å². The van der Waals surface area contributed by atoms with E-state index in [9.17, 15) is 8.78 Å². The van der Waals surface area contributed by atoms with Gasteiger partial charge in [0, 0.05) is 4.90 Å². The molecule has 2 aromatic carbocycles. The maximum Gasteiger partial charge on any atom is 0.288 e. The summed E-state index contributed by atoms with van der Waals surface area (Å²) in [5, 5.41) is 0. The Morgan fingerprint density at radius 2 is 1.41 bits per heavy atom. The monoisotopic (exact) mass is 388 g/mol. The van der Waals surface area contributed by atoms with Crippen molar-refractivity contribution in [2.24, 2.45) is 5.92 Å². The average Bonchev–Trinajstić information content (AvgIpc) is 2.68. The van der Waals surface area contributed by atoms with Gasteiger partial charge in [-0.1, -0.05) is 67.9 Å². The number of aryl methyl sites for hydroxylation is 2. The van der Waals surface area contributed by atoms with Gasteiger partial charge in [-0.25, -0.2) is 0 Å². The van der Waals surface area contributed by atoms with E-state index in [0.717, 1.165) is 24.7 Å². The summed E-state index contributed by atoms with van der Waals surface area (Å²) in [4.78, 5) is 0.631. The molecule has 0 radical (unpaired) electrons. The van der Waals surface area contributed by atoms with Crippen LogP contribution in [0.25, 0.3) is 0 Å². The molecule has 0 aliphatic heterocycles. The third kappa shape index (κ3) is 6.34. The van der Waals surface area contributed by atoms with Gasteiger partial charge in [0.25, 0.3) is 5.76 Å². The van der Waals surface area contributed by atoms with Crippen LogP contribution in [0.3, 0.4) is 0 Å². The first kappa shape index (κ1) is 20.4. The first-order valence-corrected chi connectivity index (χ1v) is 11.1. The van der Waals surface area contributed by atoms with Gasteiger partial charge in [-0.3, -0.25) is 0 Å². The lowest BCUT2D eigenvalue weighted by Crippen LogP contribution is -2.13. The molecule has 0 unspecified atom stereocenters. The molecule has 0 aromatic heterocycles. The Labute approximate surface area is 166 Å². The van der Waals surface area contributed by atoms with Gasteiger partial charge < -0.3 is 0 Å². The van der Waals surface area contributed by atoms with Crippen LogP contribution in [0.1, 0.15) is 68.1 Å². The standard InChI is InChI=1S/C24H30F2S/c1-2-3-18-6-12-21(13-7-18)22-14-8-19(9-15-22)4-5-20-10-16-23(17-11-20)27-24(25)26/h8-11,14-18,21,24H,2-7,12-13H2,1H3. The van der Waals surface area contributed by atoms with Crippen LogP contribution in [0, 0.1) is 5.92 Å². The Kier molecular flexibility index (Phi) is 7.75. The largest absolute Gasteiger partial charge is 0.288 e. The highest BCUT2D eigenvalue weighted by Crippen LogP contribution is 2.37. The van der Waals surface area contributed by atoms with Crippen molar-refractivity contribution in [2.45, 2.75) is 74.9 Å². The highest BCUT2D eigenvalue weighted by Gasteiger charge is 2.21. The molecule has 27 heavy (non-hydrogen) atoms. The van der Waals surface area contributed by atoms with Gasteiger partial charge in [-0.2, -0.15) is 8.78 Å². The minimum absolute atomic E-state index is 0.606. The third-order valence-electron chi connectivity index (χ3n) is 5.85. The fraction of sp³-hybridized carbons (Fsp3) is 0.500. The molecule has 0 heterocycles. The molecule has 2 aromatic rings. The van der Waals surface area contributed by atoms with Crippen molar-refractivity contribution < 1.29 is 8.78 Å². The van der Waals surface area contributed by atoms with Crippen molar-refractivity contribution in [3.8, 4) is 0 Å². The third-order valence-corrected chi connectivity index (χ3v) is 6.57. The number of halogens is 2. The van der Waals surface area contributed by atoms with Crippen molar-refractivity contribution in [1.29, 1.82) is 0 Å². The van der Waals surface area contributed by atoms with Crippen molar-refractivity contribution in [1.82, 2.24) is 0 Å². The summed E-state index contributed by atoms with van der Waals surface area (Å²) in [6, 6.07) is 16.7. The smallest absolute Gasteiger partial charge is 0.198 e. The first-order valence-electron chi connectivity index (χ1n) is 10.3. The van der Waals surface area contributed by atoms with Crippen LogP contribution in [0.15, 0.2) is 53.4 Å². The second kappa shape index (κ2) is 10.3. The molecule has 146 valence electrons. The molecule has 3 heteroatoms. The Balaban J connectivity index is 1.48. The zero-order chi connectivity index (χ0) is 19.1. The van der Waals surface area contributed by atoms with Crippen LogP contribution in [0.5, 0.6) is 0 Å². The second-order valence-corrected chi connectivity index (χ2v) is 8.83. The molecule has 0 bridgehead atoms. The molecule has 0 amide bonds. The zero-order valence-corrected chi connectivity index (χ0v) is 17.0. The van der Waals surface area contributed by atoms with E-state index in [1.807, 2.05) is 12.1 Å². The summed E-state index contributed by atoms with van der Waals surface area (Å²) < 4.78 is 24.7. The van der Waals surface area contributed by atoms with Gasteiger partial charge in [0.2, 0.25) is 0 Å². The molecular formula is C24H30F2S. The fourth-order valence-electron chi connectivity index (χ4n) is 4.28. The summed E-state index contributed by atoms with van der Waals surface area (Å²) >= 11 is 0.606. The summed E-state index contributed by atoms with van der Waals surface area (Å²) in [6.45, 7) is 2.29. The summed E-state index contributed by atoms with van der Waals surface area (Å²) in [7, 11) is 0. The van der Waals surface area contributed by atoms with E-state index >= 15 is 0 Å². The number of hydrogen-bond donors (Lipinski definition) is 0. The van der Waals surface area contributed by atoms with Gasteiger partial charge >= 0.3 is 0 Å². The second-order valence-electron chi connectivity index (χ2n) is 7.77. The number of benzene rings is 2. The molecular weight excluding hydrogens is 358 g/mol. The minimum Gasteiger partial charge on any atom is -0.198 e. The van der Waals surface area contributed by atoms with E-state index in [4.69, 9.17) is 0 Å². The van der Waals surface area contributed by atoms with Gasteiger partial charge in [0.15, 0.2) is 0 Å². The number of alkyl halides is 2. The van der Waals surface area contributed by atoms with Crippen molar-refractivity contribution >= 4 is 11.8 Å². The Bertz CT molecular complexity index is 671. The fourth-order valence-corrected chi connectivity index (χ4v) is 4.77. The lowest BCUT2D eigenvalue weighted by Gasteiger charge is -2.28. The molecule has 1 saturated carbocycles. The van der Waals surface area contributed by atoms with Gasteiger partial charge in [0.05, 0.1) is 0 Å². The first-order chi connectivity index (χ1) is 13.1. The van der Waals surface area contributed by atoms with E-state index < -0.39 is 5.76 Å². The Morgan fingerprint density at radius 1 is 0.852 bits per heavy atom. The predicted octanol–water partition coefficient (Wildman–Crippen LogP) is 7.86. The predicted molar refractivity (Wildman–Crippen MR) is 112 cm³/mol. The highest BCUT2D eigenvalue weighted by molar-refractivity contribution is 7.99. The lowest BCUT2D eigenvalue weighted by atomic mass is 9.77. The average molecular weight is 389 g/mol. The van der Waals surface area contributed by atoms with E-state index in [1.165, 1.54) is 55.2 Å². The number of thioether (sulfide) groups is 1. The topological polar surface area (TPSA) is 0 Å². The number of rotatable bonds is 8. The molecule has 1 aliphatic rings. The molecule has 3 rings (SSSR count). The normalized spacial score (nSPS) is 20.1. The van der Waals surface area contributed by atoms with Crippen LogP contribution >= 0.6 is 11.8 Å². The number of hydrogen-bond acceptors (Lipinski definition) is 1. The van der Waals surface area contributed by atoms with E-state index in [2.05, 4.69) is 31.2 Å². The van der Waals surface area contributed by atoms with E-state index in [1.54, 1.807) is 12.1 Å². The Hall–Kier alpha value is -1.35. The maximum atomic E-state index is 12.4. The van der Waals surface area contributed by atoms with Gasteiger partial charge in [0.1, 0.15) is 0 Å². The summed E-state index contributed by atoms with van der Waals surface area (Å²) in [5.41, 5.74) is 4.05. The molecule has 1 fully saturated rings. The van der Waals surface area contributed by atoms with Crippen LogP contribution in [-0.2, 0) is 12.8 Å². The molecule has 0 nitrogen and oxygen atoms in total. The molecule has 0 atom stereocenters. The molecule has 1 aliphatic carbocycles. The van der Waals surface area contributed by atoms with Gasteiger partial charge in [-0.05, 0) is 79.2 Å². The molecule has 0 N–H and O–H groups in total. The molecule has 0 saturated heterocycles.